The van der Waals surface area contributed by atoms with Crippen LogP contribution in [0.1, 0.15) is 19.4 Å². The summed E-state index contributed by atoms with van der Waals surface area (Å²) >= 11 is 0. The lowest BCUT2D eigenvalue weighted by Crippen LogP contribution is -2.46. The number of benzene rings is 1. The molecule has 0 spiro atoms. The van der Waals surface area contributed by atoms with Crippen LogP contribution < -0.4 is 15.4 Å². The minimum atomic E-state index is -1.32. The highest BCUT2D eigenvalue weighted by Crippen LogP contribution is 2.29. The SMILES string of the molecule is COc1ccc(C2(C)NC(=O)N(CC(=O)NC(C)C(=O)O)C2=O)cc1. The minimum Gasteiger partial charge on any atom is -0.497 e. The lowest BCUT2D eigenvalue weighted by Gasteiger charge is -2.22. The number of aliphatic carboxylic acids is 1. The van der Waals surface area contributed by atoms with Crippen molar-refractivity contribution in [3.63, 3.8) is 0 Å². The lowest BCUT2D eigenvalue weighted by molar-refractivity contribution is -0.141. The Hall–Kier alpha value is -3.10. The topological polar surface area (TPSA) is 125 Å². The molecule has 134 valence electrons. The van der Waals surface area contributed by atoms with E-state index >= 15 is 0 Å². The molecule has 0 aliphatic carbocycles. The Balaban J connectivity index is 2.15. The normalized spacial score (nSPS) is 20.8. The quantitative estimate of drug-likeness (QED) is 0.623. The average Bonchev–Trinajstić information content (AvgIpc) is 2.79. The number of urea groups is 1. The molecule has 1 aromatic carbocycles. The number of methoxy groups -OCH3 is 1. The van der Waals surface area contributed by atoms with Crippen molar-refractivity contribution in [1.29, 1.82) is 0 Å². The van der Waals surface area contributed by atoms with Gasteiger partial charge in [0.2, 0.25) is 5.91 Å². The van der Waals surface area contributed by atoms with E-state index in [-0.39, 0.29) is 0 Å². The van der Waals surface area contributed by atoms with Gasteiger partial charge in [-0.15, -0.1) is 0 Å². The maximum Gasteiger partial charge on any atom is 0.325 e. The Kier molecular flexibility index (Phi) is 4.96. The van der Waals surface area contributed by atoms with Crippen LogP contribution in [-0.4, -0.2) is 53.5 Å². The van der Waals surface area contributed by atoms with Crippen LogP contribution in [0.2, 0.25) is 0 Å². The summed E-state index contributed by atoms with van der Waals surface area (Å²) in [6.07, 6.45) is 0. The summed E-state index contributed by atoms with van der Waals surface area (Å²) in [4.78, 5) is 48.2. The molecule has 1 aliphatic rings. The van der Waals surface area contributed by atoms with E-state index in [2.05, 4.69) is 10.6 Å². The number of hydrogen-bond donors (Lipinski definition) is 3. The van der Waals surface area contributed by atoms with E-state index in [1.54, 1.807) is 24.3 Å². The number of imide groups is 1. The molecule has 9 nitrogen and oxygen atoms in total. The summed E-state index contributed by atoms with van der Waals surface area (Å²) in [6, 6.07) is 4.76. The maximum atomic E-state index is 12.7. The lowest BCUT2D eigenvalue weighted by atomic mass is 9.92. The Morgan fingerprint density at radius 2 is 1.92 bits per heavy atom. The van der Waals surface area contributed by atoms with Crippen molar-refractivity contribution in [3.8, 4) is 5.75 Å². The number of carboxylic acids is 1. The largest absolute Gasteiger partial charge is 0.497 e. The first-order chi connectivity index (χ1) is 11.7. The third-order valence-electron chi connectivity index (χ3n) is 3.99. The molecule has 0 bridgehead atoms. The summed E-state index contributed by atoms with van der Waals surface area (Å²) in [6.45, 7) is 2.26. The minimum absolute atomic E-state index is 0.536. The molecule has 0 radical (unpaired) electrons. The number of carboxylic acid groups (broad SMARTS) is 1. The van der Waals surface area contributed by atoms with Gasteiger partial charge in [-0.1, -0.05) is 12.1 Å². The first-order valence-corrected chi connectivity index (χ1v) is 7.50. The predicted octanol–water partition coefficient (Wildman–Crippen LogP) is 0.0515. The second-order valence-electron chi connectivity index (χ2n) is 5.80. The second kappa shape index (κ2) is 6.80. The van der Waals surface area contributed by atoms with E-state index in [4.69, 9.17) is 9.84 Å². The zero-order valence-corrected chi connectivity index (χ0v) is 14.0. The fraction of sp³-hybridized carbons (Fsp3) is 0.375. The van der Waals surface area contributed by atoms with Crippen LogP contribution in [0.15, 0.2) is 24.3 Å². The molecule has 2 atom stereocenters. The Morgan fingerprint density at radius 3 is 2.44 bits per heavy atom. The van der Waals surface area contributed by atoms with Crippen molar-refractivity contribution < 1.29 is 29.0 Å². The molecule has 25 heavy (non-hydrogen) atoms. The number of ether oxygens (including phenoxy) is 1. The van der Waals surface area contributed by atoms with E-state index < -0.39 is 41.9 Å². The highest BCUT2D eigenvalue weighted by atomic mass is 16.5. The molecule has 1 aliphatic heterocycles. The summed E-state index contributed by atoms with van der Waals surface area (Å²) in [7, 11) is 1.51. The van der Waals surface area contributed by atoms with Crippen molar-refractivity contribution >= 4 is 23.8 Å². The zero-order valence-electron chi connectivity index (χ0n) is 14.0. The highest BCUT2D eigenvalue weighted by molar-refractivity contribution is 6.09. The average molecular weight is 349 g/mol. The van der Waals surface area contributed by atoms with Crippen LogP contribution in [0.4, 0.5) is 4.79 Å². The van der Waals surface area contributed by atoms with Gasteiger partial charge in [0.25, 0.3) is 5.91 Å². The molecule has 2 unspecified atom stereocenters. The smallest absolute Gasteiger partial charge is 0.325 e. The van der Waals surface area contributed by atoms with Gasteiger partial charge in [0.1, 0.15) is 23.9 Å². The van der Waals surface area contributed by atoms with Gasteiger partial charge in [-0.25, -0.2) is 4.79 Å². The number of amides is 4. The molecule has 9 heteroatoms. The Morgan fingerprint density at radius 1 is 1.32 bits per heavy atom. The third kappa shape index (κ3) is 3.54. The molecule has 0 saturated carbocycles. The fourth-order valence-electron chi connectivity index (χ4n) is 2.45. The Bertz CT molecular complexity index is 717. The number of nitrogens with one attached hydrogen (secondary N) is 2. The third-order valence-corrected chi connectivity index (χ3v) is 3.99. The van der Waals surface area contributed by atoms with Gasteiger partial charge in [-0.3, -0.25) is 19.3 Å². The molecule has 2 rings (SSSR count). The molecule has 0 aromatic heterocycles. The van der Waals surface area contributed by atoms with Crippen molar-refractivity contribution in [2.75, 3.05) is 13.7 Å². The fourth-order valence-corrected chi connectivity index (χ4v) is 2.45. The zero-order chi connectivity index (χ0) is 18.8. The van der Waals surface area contributed by atoms with Crippen molar-refractivity contribution in [3.05, 3.63) is 29.8 Å². The van der Waals surface area contributed by atoms with Gasteiger partial charge in [-0.2, -0.15) is 0 Å². The van der Waals surface area contributed by atoms with Gasteiger partial charge in [-0.05, 0) is 31.5 Å². The molecule has 3 N–H and O–H groups in total. The number of carbonyl (C=O) groups is 4. The van der Waals surface area contributed by atoms with Gasteiger partial charge in [0.05, 0.1) is 7.11 Å². The number of rotatable bonds is 6. The summed E-state index contributed by atoms with van der Waals surface area (Å²) < 4.78 is 5.06. The number of carbonyl (C=O) groups excluding carboxylic acids is 3. The molecular weight excluding hydrogens is 330 g/mol. The van der Waals surface area contributed by atoms with Crippen LogP contribution in [0.25, 0.3) is 0 Å². The standard InChI is InChI=1S/C16H19N3O6/c1-9(13(21)22)17-12(20)8-19-14(23)16(2,18-15(19)24)10-4-6-11(25-3)7-5-10/h4-7,9H,8H2,1-3H3,(H,17,20)(H,18,24)(H,21,22). The molecule has 1 aromatic rings. The predicted molar refractivity (Wildman–Crippen MR) is 85.8 cm³/mol. The van der Waals surface area contributed by atoms with Crippen LogP contribution in [0.3, 0.4) is 0 Å². The second-order valence-corrected chi connectivity index (χ2v) is 5.80. The maximum absolute atomic E-state index is 12.7. The van der Waals surface area contributed by atoms with E-state index in [1.807, 2.05) is 0 Å². The molecule has 4 amide bonds. The molecule has 1 fully saturated rings. The van der Waals surface area contributed by atoms with Crippen LogP contribution in [0, 0.1) is 0 Å². The number of hydrogen-bond acceptors (Lipinski definition) is 5. The summed E-state index contributed by atoms with van der Waals surface area (Å²) in [5.74, 6) is -1.95. The summed E-state index contributed by atoms with van der Waals surface area (Å²) in [5.41, 5.74) is -0.782. The van der Waals surface area contributed by atoms with Crippen molar-refractivity contribution in [1.82, 2.24) is 15.5 Å². The van der Waals surface area contributed by atoms with Gasteiger partial charge in [0, 0.05) is 0 Å². The first kappa shape index (κ1) is 18.2. The van der Waals surface area contributed by atoms with Crippen molar-refractivity contribution in [2.24, 2.45) is 0 Å². The first-order valence-electron chi connectivity index (χ1n) is 7.50. The van der Waals surface area contributed by atoms with E-state index in [1.165, 1.54) is 21.0 Å². The van der Waals surface area contributed by atoms with E-state index in [0.29, 0.717) is 11.3 Å². The molecule has 1 saturated heterocycles. The molecule has 1 heterocycles. The van der Waals surface area contributed by atoms with E-state index in [0.717, 1.165) is 4.90 Å². The van der Waals surface area contributed by atoms with Gasteiger partial charge < -0.3 is 20.5 Å². The van der Waals surface area contributed by atoms with E-state index in [9.17, 15) is 19.2 Å². The van der Waals surface area contributed by atoms with Gasteiger partial charge in [0.15, 0.2) is 0 Å². The van der Waals surface area contributed by atoms with Crippen LogP contribution >= 0.6 is 0 Å². The number of nitrogens with zero attached hydrogens (tertiary/aromatic N) is 1. The van der Waals surface area contributed by atoms with Gasteiger partial charge >= 0.3 is 12.0 Å². The Labute approximate surface area is 143 Å². The van der Waals surface area contributed by atoms with Crippen LogP contribution in [-0.2, 0) is 19.9 Å². The highest BCUT2D eigenvalue weighted by Gasteiger charge is 2.49. The monoisotopic (exact) mass is 349 g/mol. The summed E-state index contributed by atoms with van der Waals surface area (Å²) in [5, 5.41) is 13.6. The van der Waals surface area contributed by atoms with Crippen molar-refractivity contribution in [2.45, 2.75) is 25.4 Å². The van der Waals surface area contributed by atoms with Crippen LogP contribution in [0.5, 0.6) is 5.75 Å². The molecular formula is C16H19N3O6.